The second kappa shape index (κ2) is 7.83. The highest BCUT2D eigenvalue weighted by atomic mass is 35.5. The van der Waals surface area contributed by atoms with Gasteiger partial charge in [-0.25, -0.2) is 13.4 Å². The van der Waals surface area contributed by atoms with E-state index in [0.29, 0.717) is 44.3 Å². The van der Waals surface area contributed by atoms with E-state index in [1.807, 2.05) is 6.07 Å². The lowest BCUT2D eigenvalue weighted by atomic mass is 10.2. The average Bonchev–Trinajstić information content (AvgIpc) is 2.71. The molecule has 3 aromatic carbocycles. The molecule has 0 atom stereocenters. The Kier molecular flexibility index (Phi) is 5.33. The van der Waals surface area contributed by atoms with Gasteiger partial charge in [0.05, 0.1) is 21.5 Å². The van der Waals surface area contributed by atoms with Crippen LogP contribution in [0.4, 0.5) is 5.69 Å². The Morgan fingerprint density at radius 3 is 2.32 bits per heavy atom. The summed E-state index contributed by atoms with van der Waals surface area (Å²) in [6, 6.07) is 17.0. The van der Waals surface area contributed by atoms with Crippen molar-refractivity contribution >= 4 is 38.2 Å². The number of nitrogens with zero attached hydrogens (tertiary/aromatic N) is 2. The second-order valence-electron chi connectivity index (χ2n) is 7.34. The van der Waals surface area contributed by atoms with Gasteiger partial charge in [0.2, 0.25) is 0 Å². The van der Waals surface area contributed by atoms with Crippen molar-refractivity contribution in [3.05, 3.63) is 93.0 Å². The minimum absolute atomic E-state index is 0.171. The molecule has 1 N–H and O–H groups in total. The Bertz CT molecular complexity index is 1480. The fraction of sp³-hybridized carbons (Fsp3) is 0.130. The number of nitrogens with one attached hydrogen (secondary N) is 1. The SMILES string of the molecule is Cc1cc(S(=O)(=O)Nc2ccc(-n3c(C)nc4ccccc4c3=O)cc2)c(C)cc1Cl. The Hall–Kier alpha value is -3.16. The molecule has 0 bridgehead atoms. The predicted molar refractivity (Wildman–Crippen MR) is 124 cm³/mol. The third-order valence-electron chi connectivity index (χ3n) is 5.07. The quantitative estimate of drug-likeness (QED) is 0.482. The summed E-state index contributed by atoms with van der Waals surface area (Å²) in [5, 5.41) is 1.04. The molecule has 4 rings (SSSR count). The molecule has 0 fully saturated rings. The summed E-state index contributed by atoms with van der Waals surface area (Å²) in [5.41, 5.74) is 2.69. The lowest BCUT2D eigenvalue weighted by Crippen LogP contribution is -2.22. The highest BCUT2D eigenvalue weighted by Gasteiger charge is 2.19. The summed E-state index contributed by atoms with van der Waals surface area (Å²) in [7, 11) is -3.80. The number of sulfonamides is 1. The van der Waals surface area contributed by atoms with E-state index in [2.05, 4.69) is 9.71 Å². The van der Waals surface area contributed by atoms with Crippen LogP contribution in [0.3, 0.4) is 0 Å². The monoisotopic (exact) mass is 453 g/mol. The molecule has 0 spiro atoms. The molecule has 0 saturated heterocycles. The molecule has 1 heterocycles. The van der Waals surface area contributed by atoms with Crippen molar-refractivity contribution in [2.75, 3.05) is 4.72 Å². The van der Waals surface area contributed by atoms with Crippen molar-refractivity contribution in [2.45, 2.75) is 25.7 Å². The van der Waals surface area contributed by atoms with E-state index in [4.69, 9.17) is 11.6 Å². The Balaban J connectivity index is 1.69. The van der Waals surface area contributed by atoms with Crippen molar-refractivity contribution in [3.8, 4) is 5.69 Å². The molecule has 31 heavy (non-hydrogen) atoms. The molecule has 0 aliphatic rings. The van der Waals surface area contributed by atoms with Crippen LogP contribution >= 0.6 is 11.6 Å². The van der Waals surface area contributed by atoms with Gasteiger partial charge >= 0.3 is 0 Å². The summed E-state index contributed by atoms with van der Waals surface area (Å²) in [6.45, 7) is 5.22. The maximum absolute atomic E-state index is 12.9. The van der Waals surface area contributed by atoms with Gasteiger partial charge in [0, 0.05) is 10.7 Å². The first-order valence-corrected chi connectivity index (χ1v) is 11.4. The molecule has 0 saturated carbocycles. The zero-order valence-electron chi connectivity index (χ0n) is 17.2. The fourth-order valence-electron chi connectivity index (χ4n) is 3.48. The van der Waals surface area contributed by atoms with Crippen LogP contribution in [-0.4, -0.2) is 18.0 Å². The first-order valence-electron chi connectivity index (χ1n) is 9.56. The number of para-hydroxylation sites is 1. The Morgan fingerprint density at radius 1 is 0.935 bits per heavy atom. The second-order valence-corrected chi connectivity index (χ2v) is 9.39. The molecule has 0 aliphatic heterocycles. The molecular weight excluding hydrogens is 434 g/mol. The smallest absolute Gasteiger partial charge is 0.265 e. The predicted octanol–water partition coefficient (Wildman–Crippen LogP) is 4.77. The number of anilines is 1. The van der Waals surface area contributed by atoms with E-state index < -0.39 is 10.0 Å². The van der Waals surface area contributed by atoms with E-state index >= 15 is 0 Å². The van der Waals surface area contributed by atoms with Crippen LogP contribution < -0.4 is 10.3 Å². The minimum atomic E-state index is -3.80. The minimum Gasteiger partial charge on any atom is -0.280 e. The molecule has 0 unspecified atom stereocenters. The van der Waals surface area contributed by atoms with E-state index in [9.17, 15) is 13.2 Å². The number of hydrogen-bond donors (Lipinski definition) is 1. The zero-order chi connectivity index (χ0) is 22.3. The van der Waals surface area contributed by atoms with E-state index in [-0.39, 0.29) is 10.5 Å². The molecule has 158 valence electrons. The zero-order valence-corrected chi connectivity index (χ0v) is 18.8. The standard InChI is InChI=1S/C23H20ClN3O3S/c1-14-13-22(15(2)12-20(14)24)31(29,30)26-17-8-10-18(11-9-17)27-16(3)25-21-7-5-4-6-19(21)23(27)28/h4-13,26H,1-3H3. The number of hydrogen-bond acceptors (Lipinski definition) is 4. The van der Waals surface area contributed by atoms with Crippen LogP contribution in [0.1, 0.15) is 17.0 Å². The highest BCUT2D eigenvalue weighted by Crippen LogP contribution is 2.26. The van der Waals surface area contributed by atoms with Gasteiger partial charge in [0.25, 0.3) is 15.6 Å². The van der Waals surface area contributed by atoms with Gasteiger partial charge in [-0.1, -0.05) is 23.7 Å². The number of fused-ring (bicyclic) bond motifs is 1. The summed E-state index contributed by atoms with van der Waals surface area (Å²) in [6.07, 6.45) is 0. The van der Waals surface area contributed by atoms with E-state index in [1.165, 1.54) is 4.57 Å². The Morgan fingerprint density at radius 2 is 1.61 bits per heavy atom. The summed E-state index contributed by atoms with van der Waals surface area (Å²) in [4.78, 5) is 17.6. The van der Waals surface area contributed by atoms with Gasteiger partial charge in [-0.05, 0) is 80.4 Å². The molecular formula is C23H20ClN3O3S. The third-order valence-corrected chi connectivity index (χ3v) is 7.00. The number of aryl methyl sites for hydroxylation is 3. The van der Waals surface area contributed by atoms with Gasteiger partial charge in [-0.3, -0.25) is 14.1 Å². The molecule has 8 heteroatoms. The number of halogens is 1. The summed E-state index contributed by atoms with van der Waals surface area (Å²) >= 11 is 6.09. The molecule has 4 aromatic rings. The van der Waals surface area contributed by atoms with Crippen molar-refractivity contribution in [2.24, 2.45) is 0 Å². The van der Waals surface area contributed by atoms with Crippen LogP contribution in [-0.2, 0) is 10.0 Å². The topological polar surface area (TPSA) is 81.1 Å². The molecule has 0 radical (unpaired) electrons. The maximum atomic E-state index is 12.9. The molecule has 1 aromatic heterocycles. The normalized spacial score (nSPS) is 11.6. The van der Waals surface area contributed by atoms with Crippen LogP contribution in [0.5, 0.6) is 0 Å². The van der Waals surface area contributed by atoms with Gasteiger partial charge in [-0.2, -0.15) is 0 Å². The van der Waals surface area contributed by atoms with Crippen LogP contribution in [0.25, 0.3) is 16.6 Å². The van der Waals surface area contributed by atoms with Crippen molar-refractivity contribution in [1.29, 1.82) is 0 Å². The number of rotatable bonds is 4. The van der Waals surface area contributed by atoms with Crippen molar-refractivity contribution in [3.63, 3.8) is 0 Å². The van der Waals surface area contributed by atoms with Crippen LogP contribution in [0, 0.1) is 20.8 Å². The van der Waals surface area contributed by atoms with Gasteiger partial charge in [-0.15, -0.1) is 0 Å². The Labute approximate surface area is 185 Å². The van der Waals surface area contributed by atoms with Crippen LogP contribution in [0.15, 0.2) is 70.4 Å². The third kappa shape index (κ3) is 3.94. The number of aromatic nitrogens is 2. The number of benzene rings is 3. The van der Waals surface area contributed by atoms with Gasteiger partial charge in [0.1, 0.15) is 5.82 Å². The first-order chi connectivity index (χ1) is 14.7. The van der Waals surface area contributed by atoms with Gasteiger partial charge in [0.15, 0.2) is 0 Å². The lowest BCUT2D eigenvalue weighted by molar-refractivity contribution is 0.600. The average molecular weight is 454 g/mol. The molecule has 0 aliphatic carbocycles. The summed E-state index contributed by atoms with van der Waals surface area (Å²) < 4.78 is 29.8. The first kappa shape index (κ1) is 21.1. The van der Waals surface area contributed by atoms with Crippen LogP contribution in [0.2, 0.25) is 5.02 Å². The van der Waals surface area contributed by atoms with Crippen molar-refractivity contribution < 1.29 is 8.42 Å². The molecule has 0 amide bonds. The van der Waals surface area contributed by atoms with E-state index in [0.717, 1.165) is 0 Å². The van der Waals surface area contributed by atoms with Gasteiger partial charge < -0.3 is 0 Å². The summed E-state index contributed by atoms with van der Waals surface area (Å²) in [5.74, 6) is 0.546. The van der Waals surface area contributed by atoms with E-state index in [1.54, 1.807) is 75.4 Å². The maximum Gasteiger partial charge on any atom is 0.265 e. The largest absolute Gasteiger partial charge is 0.280 e. The highest BCUT2D eigenvalue weighted by molar-refractivity contribution is 7.92. The lowest BCUT2D eigenvalue weighted by Gasteiger charge is -2.14. The fourth-order valence-corrected chi connectivity index (χ4v) is 5.07. The molecule has 6 nitrogen and oxygen atoms in total. The van der Waals surface area contributed by atoms with Crippen molar-refractivity contribution in [1.82, 2.24) is 9.55 Å².